The standard InChI is InChI=1S/C20H23BrN2O3S/c1-14-5-10-19(15(2)12-14)22-20(24)16-4-3-11-23(13-16)27(25,26)18-8-6-17(21)7-9-18/h5-10,12,16H,3-4,11,13H2,1-2H3,(H,22,24). The van der Waals surface area contributed by atoms with E-state index in [0.29, 0.717) is 19.4 Å². The molecule has 1 amide bonds. The van der Waals surface area contributed by atoms with E-state index >= 15 is 0 Å². The Morgan fingerprint density at radius 1 is 1.15 bits per heavy atom. The second kappa shape index (κ2) is 8.12. The molecule has 0 aliphatic carbocycles. The molecule has 2 aromatic rings. The van der Waals surface area contributed by atoms with Gasteiger partial charge in [-0.05, 0) is 62.6 Å². The van der Waals surface area contributed by atoms with Crippen molar-refractivity contribution in [1.82, 2.24) is 4.31 Å². The van der Waals surface area contributed by atoms with Gasteiger partial charge in [0.05, 0.1) is 10.8 Å². The molecule has 0 bridgehead atoms. The highest BCUT2D eigenvalue weighted by Gasteiger charge is 2.33. The molecule has 1 unspecified atom stereocenters. The normalized spacial score (nSPS) is 18.3. The lowest BCUT2D eigenvalue weighted by Crippen LogP contribution is -2.43. The molecule has 0 spiro atoms. The van der Waals surface area contributed by atoms with Gasteiger partial charge in [0.2, 0.25) is 15.9 Å². The fraction of sp³-hybridized carbons (Fsp3) is 0.350. The number of hydrogen-bond acceptors (Lipinski definition) is 3. The van der Waals surface area contributed by atoms with Crippen LogP contribution >= 0.6 is 15.9 Å². The highest BCUT2D eigenvalue weighted by atomic mass is 79.9. The Labute approximate surface area is 169 Å². The summed E-state index contributed by atoms with van der Waals surface area (Å²) in [5.74, 6) is -0.484. The summed E-state index contributed by atoms with van der Waals surface area (Å²) in [4.78, 5) is 13.0. The molecular weight excluding hydrogens is 428 g/mol. The lowest BCUT2D eigenvalue weighted by atomic mass is 9.98. The summed E-state index contributed by atoms with van der Waals surface area (Å²) in [6.45, 7) is 4.60. The van der Waals surface area contributed by atoms with Gasteiger partial charge in [0.25, 0.3) is 0 Å². The van der Waals surface area contributed by atoms with Gasteiger partial charge in [0.15, 0.2) is 0 Å². The van der Waals surface area contributed by atoms with Crippen LogP contribution in [0.4, 0.5) is 5.69 Å². The van der Waals surface area contributed by atoms with E-state index in [1.165, 1.54) is 4.31 Å². The summed E-state index contributed by atoms with van der Waals surface area (Å²) in [6, 6.07) is 12.4. The topological polar surface area (TPSA) is 66.5 Å². The van der Waals surface area contributed by atoms with Gasteiger partial charge in [-0.3, -0.25) is 4.79 Å². The van der Waals surface area contributed by atoms with Crippen molar-refractivity contribution in [2.24, 2.45) is 5.92 Å². The molecule has 2 aromatic carbocycles. The van der Waals surface area contributed by atoms with Crippen LogP contribution in [0.3, 0.4) is 0 Å². The Morgan fingerprint density at radius 3 is 2.52 bits per heavy atom. The monoisotopic (exact) mass is 450 g/mol. The van der Waals surface area contributed by atoms with Crippen LogP contribution in [-0.2, 0) is 14.8 Å². The summed E-state index contributed by atoms with van der Waals surface area (Å²) in [6.07, 6.45) is 1.35. The van der Waals surface area contributed by atoms with Gasteiger partial charge in [0.1, 0.15) is 0 Å². The van der Waals surface area contributed by atoms with Crippen LogP contribution in [-0.4, -0.2) is 31.7 Å². The quantitative estimate of drug-likeness (QED) is 0.761. The van der Waals surface area contributed by atoms with Crippen molar-refractivity contribution in [3.63, 3.8) is 0 Å². The number of benzene rings is 2. The summed E-state index contributed by atoms with van der Waals surface area (Å²) in [5.41, 5.74) is 2.91. The van der Waals surface area contributed by atoms with E-state index in [-0.39, 0.29) is 23.3 Å². The van der Waals surface area contributed by atoms with E-state index in [1.54, 1.807) is 24.3 Å². The largest absolute Gasteiger partial charge is 0.326 e. The van der Waals surface area contributed by atoms with Crippen LogP contribution in [0.2, 0.25) is 0 Å². The Kier molecular flexibility index (Phi) is 6.03. The van der Waals surface area contributed by atoms with Gasteiger partial charge in [0, 0.05) is 23.2 Å². The maximum Gasteiger partial charge on any atom is 0.243 e. The first kappa shape index (κ1) is 20.0. The third-order valence-corrected chi connectivity index (χ3v) is 7.25. The third kappa shape index (κ3) is 4.59. The number of nitrogens with zero attached hydrogens (tertiary/aromatic N) is 1. The van der Waals surface area contributed by atoms with E-state index in [0.717, 1.165) is 21.3 Å². The first-order chi connectivity index (χ1) is 12.8. The number of anilines is 1. The van der Waals surface area contributed by atoms with Crippen molar-refractivity contribution >= 4 is 37.5 Å². The SMILES string of the molecule is Cc1ccc(NC(=O)C2CCCN(S(=O)(=O)c3ccc(Br)cc3)C2)c(C)c1. The van der Waals surface area contributed by atoms with Gasteiger partial charge in [-0.2, -0.15) is 4.31 Å². The van der Waals surface area contributed by atoms with E-state index < -0.39 is 10.0 Å². The smallest absolute Gasteiger partial charge is 0.243 e. The van der Waals surface area contributed by atoms with Gasteiger partial charge >= 0.3 is 0 Å². The van der Waals surface area contributed by atoms with E-state index in [9.17, 15) is 13.2 Å². The Bertz CT molecular complexity index is 942. The maximum absolute atomic E-state index is 12.9. The van der Waals surface area contributed by atoms with Crippen molar-refractivity contribution in [1.29, 1.82) is 0 Å². The number of aryl methyl sites for hydroxylation is 2. The number of amides is 1. The zero-order valence-corrected chi connectivity index (χ0v) is 17.8. The minimum atomic E-state index is -3.60. The van der Waals surface area contributed by atoms with Crippen LogP contribution < -0.4 is 5.32 Å². The molecule has 1 saturated heterocycles. The molecule has 144 valence electrons. The number of nitrogens with one attached hydrogen (secondary N) is 1. The number of rotatable bonds is 4. The number of piperidine rings is 1. The Hall–Kier alpha value is -1.70. The van der Waals surface area contributed by atoms with E-state index in [2.05, 4.69) is 21.2 Å². The Morgan fingerprint density at radius 2 is 1.85 bits per heavy atom. The molecule has 0 aromatic heterocycles. The molecule has 5 nitrogen and oxygen atoms in total. The predicted molar refractivity (Wildman–Crippen MR) is 110 cm³/mol. The zero-order chi connectivity index (χ0) is 19.6. The molecule has 1 aliphatic heterocycles. The molecule has 0 radical (unpaired) electrons. The number of hydrogen-bond donors (Lipinski definition) is 1. The average molecular weight is 451 g/mol. The number of sulfonamides is 1. The first-order valence-electron chi connectivity index (χ1n) is 8.91. The molecule has 1 fully saturated rings. The molecule has 1 heterocycles. The number of halogens is 1. The van der Waals surface area contributed by atoms with Crippen molar-refractivity contribution in [2.75, 3.05) is 18.4 Å². The zero-order valence-electron chi connectivity index (χ0n) is 15.4. The fourth-order valence-electron chi connectivity index (χ4n) is 3.32. The van der Waals surface area contributed by atoms with Crippen LogP contribution in [0.1, 0.15) is 24.0 Å². The second-order valence-electron chi connectivity index (χ2n) is 6.96. The predicted octanol–water partition coefficient (Wildman–Crippen LogP) is 4.11. The van der Waals surface area contributed by atoms with Gasteiger partial charge in [-0.15, -0.1) is 0 Å². The third-order valence-electron chi connectivity index (χ3n) is 4.85. The highest BCUT2D eigenvalue weighted by molar-refractivity contribution is 9.10. The molecule has 1 atom stereocenters. The molecule has 1 N–H and O–H groups in total. The van der Waals surface area contributed by atoms with Crippen molar-refractivity contribution in [2.45, 2.75) is 31.6 Å². The van der Waals surface area contributed by atoms with Crippen LogP contribution in [0.25, 0.3) is 0 Å². The number of carbonyl (C=O) groups excluding carboxylic acids is 1. The minimum Gasteiger partial charge on any atom is -0.326 e. The lowest BCUT2D eigenvalue weighted by Gasteiger charge is -2.31. The summed E-state index contributed by atoms with van der Waals surface area (Å²) in [7, 11) is -3.60. The Balaban J connectivity index is 1.73. The van der Waals surface area contributed by atoms with Gasteiger partial charge in [-0.1, -0.05) is 33.6 Å². The molecular formula is C20H23BrN2O3S. The maximum atomic E-state index is 12.9. The second-order valence-corrected chi connectivity index (χ2v) is 9.82. The lowest BCUT2D eigenvalue weighted by molar-refractivity contribution is -0.120. The highest BCUT2D eigenvalue weighted by Crippen LogP contribution is 2.26. The molecule has 7 heteroatoms. The summed E-state index contributed by atoms with van der Waals surface area (Å²) >= 11 is 3.32. The van der Waals surface area contributed by atoms with Gasteiger partial charge in [-0.25, -0.2) is 8.42 Å². The molecule has 27 heavy (non-hydrogen) atoms. The molecule has 1 aliphatic rings. The van der Waals surface area contributed by atoms with Gasteiger partial charge < -0.3 is 5.32 Å². The van der Waals surface area contributed by atoms with Crippen LogP contribution in [0, 0.1) is 19.8 Å². The average Bonchev–Trinajstić information content (AvgIpc) is 2.64. The van der Waals surface area contributed by atoms with Crippen molar-refractivity contribution < 1.29 is 13.2 Å². The van der Waals surface area contributed by atoms with E-state index in [1.807, 2.05) is 32.0 Å². The molecule has 0 saturated carbocycles. The molecule has 3 rings (SSSR count). The van der Waals surface area contributed by atoms with Crippen molar-refractivity contribution in [3.05, 3.63) is 58.1 Å². The van der Waals surface area contributed by atoms with Crippen LogP contribution in [0.5, 0.6) is 0 Å². The summed E-state index contributed by atoms with van der Waals surface area (Å²) in [5, 5.41) is 2.96. The van der Waals surface area contributed by atoms with Crippen molar-refractivity contribution in [3.8, 4) is 0 Å². The van der Waals surface area contributed by atoms with E-state index in [4.69, 9.17) is 0 Å². The minimum absolute atomic E-state index is 0.127. The summed E-state index contributed by atoms with van der Waals surface area (Å²) < 4.78 is 28.0. The first-order valence-corrected chi connectivity index (χ1v) is 11.1. The number of carbonyl (C=O) groups is 1. The van der Waals surface area contributed by atoms with Crippen LogP contribution in [0.15, 0.2) is 51.8 Å². The fourth-order valence-corrected chi connectivity index (χ4v) is 5.11.